The zero-order chi connectivity index (χ0) is 9.64. The molecule has 0 saturated carbocycles. The lowest BCUT2D eigenvalue weighted by Gasteiger charge is -1.98. The van der Waals surface area contributed by atoms with E-state index >= 15 is 0 Å². The molecule has 0 atom stereocenters. The molecule has 3 heteroatoms. The summed E-state index contributed by atoms with van der Waals surface area (Å²) in [6.45, 7) is 0. The lowest BCUT2D eigenvalue weighted by Crippen LogP contribution is -1.88. The molecule has 1 N–H and O–H groups in total. The van der Waals surface area contributed by atoms with Gasteiger partial charge in [0.25, 0.3) is 0 Å². The van der Waals surface area contributed by atoms with E-state index in [4.69, 9.17) is 0 Å². The van der Waals surface area contributed by atoms with Crippen LogP contribution in [0, 0.1) is 0 Å². The van der Waals surface area contributed by atoms with Crippen molar-refractivity contribution >= 4 is 11.8 Å². The Morgan fingerprint density at radius 2 is 2.07 bits per heavy atom. The Kier molecular flexibility index (Phi) is 3.24. The first-order chi connectivity index (χ1) is 6.95. The molecule has 0 bridgehead atoms. The number of hydrogen-bond donors (Lipinski definition) is 1. The highest BCUT2D eigenvalue weighted by Gasteiger charge is 1.96. The van der Waals surface area contributed by atoms with Crippen LogP contribution in [0.1, 0.15) is 5.56 Å². The largest absolute Gasteiger partial charge is 0.340 e. The van der Waals surface area contributed by atoms with Crippen LogP contribution in [0.25, 0.3) is 0 Å². The van der Waals surface area contributed by atoms with Gasteiger partial charge in [0, 0.05) is 18.1 Å². The Labute approximate surface area is 87.8 Å². The van der Waals surface area contributed by atoms with E-state index in [0.29, 0.717) is 0 Å². The molecule has 0 fully saturated rings. The highest BCUT2D eigenvalue weighted by Crippen LogP contribution is 2.13. The van der Waals surface area contributed by atoms with E-state index in [9.17, 15) is 0 Å². The molecule has 0 spiro atoms. The molecule has 14 heavy (non-hydrogen) atoms. The van der Waals surface area contributed by atoms with Crippen molar-refractivity contribution in [2.45, 2.75) is 11.6 Å². The summed E-state index contributed by atoms with van der Waals surface area (Å²) in [6.07, 6.45) is 4.72. The van der Waals surface area contributed by atoms with Crippen molar-refractivity contribution in [3.8, 4) is 0 Å². The summed E-state index contributed by atoms with van der Waals surface area (Å²) in [4.78, 5) is 7.23. The molecule has 0 saturated heterocycles. The normalized spacial score (nSPS) is 10.3. The van der Waals surface area contributed by atoms with Gasteiger partial charge in [0.1, 0.15) is 0 Å². The number of nitrogens with zero attached hydrogens (tertiary/aromatic N) is 1. The number of H-pyrrole nitrogens is 1. The van der Waals surface area contributed by atoms with Crippen molar-refractivity contribution in [1.82, 2.24) is 9.97 Å². The summed E-state index contributed by atoms with van der Waals surface area (Å²) in [5.41, 5.74) is 1.38. The van der Waals surface area contributed by atoms with Crippen LogP contribution in [0.2, 0.25) is 0 Å². The summed E-state index contributed by atoms with van der Waals surface area (Å²) >= 11 is 1.76. The van der Waals surface area contributed by atoms with Gasteiger partial charge in [0.15, 0.2) is 5.16 Å². The van der Waals surface area contributed by atoms with E-state index in [1.54, 1.807) is 18.0 Å². The quantitative estimate of drug-likeness (QED) is 0.776. The second kappa shape index (κ2) is 4.86. The number of aromatic nitrogens is 2. The predicted molar refractivity (Wildman–Crippen MR) is 59.5 cm³/mol. The highest BCUT2D eigenvalue weighted by atomic mass is 32.2. The van der Waals surface area contributed by atoms with E-state index in [1.165, 1.54) is 5.56 Å². The second-order valence-corrected chi connectivity index (χ2v) is 4.06. The average Bonchev–Trinajstić information content (AvgIpc) is 2.72. The Bertz CT molecular complexity index is 356. The van der Waals surface area contributed by atoms with E-state index in [2.05, 4.69) is 34.2 Å². The van der Waals surface area contributed by atoms with Crippen molar-refractivity contribution in [3.05, 3.63) is 48.3 Å². The maximum Gasteiger partial charge on any atom is 0.165 e. The second-order valence-electron chi connectivity index (χ2n) is 2.98. The molecule has 0 unspecified atom stereocenters. The third kappa shape index (κ3) is 2.64. The van der Waals surface area contributed by atoms with Crippen LogP contribution in [-0.2, 0) is 6.42 Å². The Balaban J connectivity index is 1.79. The first-order valence-corrected chi connectivity index (χ1v) is 5.60. The SMILES string of the molecule is c1ccc(CCSc2ncc[nH]2)cc1. The Morgan fingerprint density at radius 3 is 2.79 bits per heavy atom. The highest BCUT2D eigenvalue weighted by molar-refractivity contribution is 7.99. The monoisotopic (exact) mass is 204 g/mol. The fourth-order valence-corrected chi connectivity index (χ4v) is 2.06. The molecule has 2 rings (SSSR count). The molecular weight excluding hydrogens is 192 g/mol. The molecule has 2 nitrogen and oxygen atoms in total. The van der Waals surface area contributed by atoms with E-state index < -0.39 is 0 Å². The van der Waals surface area contributed by atoms with Gasteiger partial charge in [-0.15, -0.1) is 0 Å². The summed E-state index contributed by atoms with van der Waals surface area (Å²) in [5, 5.41) is 1.00. The van der Waals surface area contributed by atoms with Crippen molar-refractivity contribution in [1.29, 1.82) is 0 Å². The van der Waals surface area contributed by atoms with E-state index in [1.807, 2.05) is 12.3 Å². The molecular formula is C11H12N2S. The molecule has 2 aromatic rings. The summed E-state index contributed by atoms with van der Waals surface area (Å²) in [7, 11) is 0. The van der Waals surface area contributed by atoms with Gasteiger partial charge < -0.3 is 4.98 Å². The lowest BCUT2D eigenvalue weighted by atomic mass is 10.2. The van der Waals surface area contributed by atoms with Crippen LogP contribution in [0.5, 0.6) is 0 Å². The van der Waals surface area contributed by atoms with Crippen LogP contribution < -0.4 is 0 Å². The van der Waals surface area contributed by atoms with Gasteiger partial charge in [-0.05, 0) is 12.0 Å². The van der Waals surface area contributed by atoms with Gasteiger partial charge in [0.05, 0.1) is 0 Å². The minimum Gasteiger partial charge on any atom is -0.340 e. The smallest absolute Gasteiger partial charge is 0.165 e. The molecule has 0 aliphatic rings. The average molecular weight is 204 g/mol. The van der Waals surface area contributed by atoms with Crippen molar-refractivity contribution in [2.24, 2.45) is 0 Å². The van der Waals surface area contributed by atoms with Gasteiger partial charge in [-0.1, -0.05) is 42.1 Å². The topological polar surface area (TPSA) is 28.7 Å². The molecule has 0 aliphatic carbocycles. The fraction of sp³-hybridized carbons (Fsp3) is 0.182. The number of hydrogen-bond acceptors (Lipinski definition) is 2. The summed E-state index contributed by atoms with van der Waals surface area (Å²) < 4.78 is 0. The molecule has 1 heterocycles. The van der Waals surface area contributed by atoms with Gasteiger partial charge in [-0.25, -0.2) is 4.98 Å². The van der Waals surface area contributed by atoms with Gasteiger partial charge in [-0.2, -0.15) is 0 Å². The van der Waals surface area contributed by atoms with Crippen molar-refractivity contribution in [3.63, 3.8) is 0 Å². The standard InChI is InChI=1S/C11H12N2S/c1-2-4-10(5-3-1)6-9-14-11-12-7-8-13-11/h1-5,7-8H,6,9H2,(H,12,13). The lowest BCUT2D eigenvalue weighted by molar-refractivity contribution is 1.05. The predicted octanol–water partition coefficient (Wildman–Crippen LogP) is 2.74. The molecule has 1 aromatic heterocycles. The summed E-state index contributed by atoms with van der Waals surface area (Å²) in [5.74, 6) is 1.07. The van der Waals surface area contributed by atoms with Gasteiger partial charge >= 0.3 is 0 Å². The zero-order valence-corrected chi connectivity index (χ0v) is 8.63. The molecule has 0 amide bonds. The summed E-state index contributed by atoms with van der Waals surface area (Å²) in [6, 6.07) is 10.5. The minimum atomic E-state index is 1.00. The number of aromatic amines is 1. The number of aryl methyl sites for hydroxylation is 1. The van der Waals surface area contributed by atoms with Crippen LogP contribution >= 0.6 is 11.8 Å². The van der Waals surface area contributed by atoms with Crippen LogP contribution in [0.4, 0.5) is 0 Å². The molecule has 0 aliphatic heterocycles. The fourth-order valence-electron chi connectivity index (χ4n) is 1.24. The number of thioether (sulfide) groups is 1. The third-order valence-corrected chi connectivity index (χ3v) is 2.85. The molecule has 72 valence electrons. The van der Waals surface area contributed by atoms with E-state index in [0.717, 1.165) is 17.3 Å². The number of nitrogens with one attached hydrogen (secondary N) is 1. The minimum absolute atomic E-state index is 1.00. The Morgan fingerprint density at radius 1 is 1.21 bits per heavy atom. The van der Waals surface area contributed by atoms with Gasteiger partial charge in [0.2, 0.25) is 0 Å². The number of rotatable bonds is 4. The molecule has 0 radical (unpaired) electrons. The van der Waals surface area contributed by atoms with E-state index in [-0.39, 0.29) is 0 Å². The third-order valence-electron chi connectivity index (χ3n) is 1.95. The molecule has 1 aromatic carbocycles. The van der Waals surface area contributed by atoms with Crippen molar-refractivity contribution < 1.29 is 0 Å². The van der Waals surface area contributed by atoms with Crippen LogP contribution in [0.3, 0.4) is 0 Å². The maximum absolute atomic E-state index is 4.15. The Hall–Kier alpha value is -1.22. The van der Waals surface area contributed by atoms with Crippen LogP contribution in [-0.4, -0.2) is 15.7 Å². The number of benzene rings is 1. The maximum atomic E-state index is 4.15. The zero-order valence-electron chi connectivity index (χ0n) is 7.81. The first kappa shape index (κ1) is 9.34. The van der Waals surface area contributed by atoms with Crippen molar-refractivity contribution in [2.75, 3.05) is 5.75 Å². The van der Waals surface area contributed by atoms with Crippen LogP contribution in [0.15, 0.2) is 47.9 Å². The number of imidazole rings is 1. The van der Waals surface area contributed by atoms with Gasteiger partial charge in [-0.3, -0.25) is 0 Å². The first-order valence-electron chi connectivity index (χ1n) is 4.61.